The van der Waals surface area contributed by atoms with Gasteiger partial charge in [0.25, 0.3) is 0 Å². The smallest absolute Gasteiger partial charge is 0.152 e. The molecule has 0 bridgehead atoms. The second kappa shape index (κ2) is 5.00. The Bertz CT molecular complexity index is 811. The maximum Gasteiger partial charge on any atom is 0.152 e. The van der Waals surface area contributed by atoms with Crippen LogP contribution in [0.25, 0.3) is 10.9 Å². The van der Waals surface area contributed by atoms with Gasteiger partial charge >= 0.3 is 0 Å². The molecule has 1 aromatic carbocycles. The van der Waals surface area contributed by atoms with Crippen molar-refractivity contribution in [2.45, 2.75) is 25.9 Å². The Balaban J connectivity index is 1.62. The van der Waals surface area contributed by atoms with E-state index in [1.807, 2.05) is 24.3 Å². The normalized spacial score (nSPS) is 13.6. The number of nitrogens with one attached hydrogen (secondary N) is 1. The molecule has 0 unspecified atom stereocenters. The predicted molar refractivity (Wildman–Crippen MR) is 82.4 cm³/mol. The van der Waals surface area contributed by atoms with E-state index in [0.717, 1.165) is 47.6 Å². The Kier molecular flexibility index (Phi) is 3.00. The van der Waals surface area contributed by atoms with Crippen LogP contribution >= 0.6 is 11.6 Å². The van der Waals surface area contributed by atoms with Crippen molar-refractivity contribution in [1.82, 2.24) is 19.7 Å². The molecule has 21 heavy (non-hydrogen) atoms. The van der Waals surface area contributed by atoms with Gasteiger partial charge in [-0.15, -0.1) is 10.2 Å². The number of aryl methyl sites for hydroxylation is 1. The molecule has 0 amide bonds. The zero-order valence-electron chi connectivity index (χ0n) is 11.4. The summed E-state index contributed by atoms with van der Waals surface area (Å²) < 4.78 is 2.20. The first-order valence-electron chi connectivity index (χ1n) is 7.00. The van der Waals surface area contributed by atoms with Crippen LogP contribution in [0.4, 0.5) is 5.69 Å². The number of halogens is 1. The second-order valence-corrected chi connectivity index (χ2v) is 5.60. The summed E-state index contributed by atoms with van der Waals surface area (Å²) in [6.45, 7) is 1.68. The largest absolute Gasteiger partial charge is 0.377 e. The molecule has 0 fully saturated rings. The van der Waals surface area contributed by atoms with Gasteiger partial charge in [-0.3, -0.25) is 4.98 Å². The Morgan fingerprint density at radius 3 is 3.14 bits per heavy atom. The van der Waals surface area contributed by atoms with Crippen LogP contribution < -0.4 is 5.32 Å². The van der Waals surface area contributed by atoms with Gasteiger partial charge < -0.3 is 9.88 Å². The van der Waals surface area contributed by atoms with Crippen LogP contribution in [0.3, 0.4) is 0 Å². The predicted octanol–water partition coefficient (Wildman–Crippen LogP) is 3.04. The zero-order valence-corrected chi connectivity index (χ0v) is 12.1. The number of anilines is 1. The molecule has 1 N–H and O–H groups in total. The number of fused-ring (bicyclic) bond motifs is 2. The lowest BCUT2D eigenvalue weighted by Crippen LogP contribution is -2.08. The van der Waals surface area contributed by atoms with Crippen LogP contribution in [-0.4, -0.2) is 19.7 Å². The van der Waals surface area contributed by atoms with E-state index in [0.29, 0.717) is 11.6 Å². The van der Waals surface area contributed by atoms with Crippen molar-refractivity contribution >= 4 is 28.2 Å². The van der Waals surface area contributed by atoms with Crippen LogP contribution in [-0.2, 0) is 19.5 Å². The third-order valence-electron chi connectivity index (χ3n) is 3.83. The molecule has 0 radical (unpaired) electrons. The van der Waals surface area contributed by atoms with E-state index in [1.165, 1.54) is 0 Å². The zero-order chi connectivity index (χ0) is 14.2. The monoisotopic (exact) mass is 299 g/mol. The number of nitrogens with zero attached hydrogens (tertiary/aromatic N) is 4. The van der Waals surface area contributed by atoms with E-state index in [-0.39, 0.29) is 0 Å². The molecule has 1 aliphatic heterocycles. The van der Waals surface area contributed by atoms with E-state index in [2.05, 4.69) is 25.1 Å². The van der Waals surface area contributed by atoms with Crippen LogP contribution in [0.5, 0.6) is 0 Å². The van der Waals surface area contributed by atoms with Gasteiger partial charge in [-0.05, 0) is 30.7 Å². The molecule has 0 saturated heterocycles. The highest BCUT2D eigenvalue weighted by molar-refractivity contribution is 6.31. The first-order valence-corrected chi connectivity index (χ1v) is 7.38. The van der Waals surface area contributed by atoms with Gasteiger partial charge in [0.15, 0.2) is 5.82 Å². The highest BCUT2D eigenvalue weighted by Gasteiger charge is 2.16. The van der Waals surface area contributed by atoms with Gasteiger partial charge in [0, 0.05) is 35.3 Å². The molecular weight excluding hydrogens is 286 g/mol. The van der Waals surface area contributed by atoms with Crippen LogP contribution in [0.15, 0.2) is 30.5 Å². The summed E-state index contributed by atoms with van der Waals surface area (Å²) in [6, 6.07) is 7.71. The van der Waals surface area contributed by atoms with Crippen LogP contribution in [0.2, 0.25) is 5.02 Å². The molecule has 6 heteroatoms. The van der Waals surface area contributed by atoms with Crippen molar-refractivity contribution in [3.8, 4) is 0 Å². The summed E-state index contributed by atoms with van der Waals surface area (Å²) in [7, 11) is 0. The maximum absolute atomic E-state index is 6.01. The lowest BCUT2D eigenvalue weighted by atomic mass is 10.2. The fraction of sp³-hybridized carbons (Fsp3) is 0.267. The van der Waals surface area contributed by atoms with E-state index in [4.69, 9.17) is 11.6 Å². The highest BCUT2D eigenvalue weighted by atomic mass is 35.5. The average molecular weight is 300 g/mol. The van der Waals surface area contributed by atoms with Gasteiger partial charge in [0.2, 0.25) is 0 Å². The van der Waals surface area contributed by atoms with Crippen molar-refractivity contribution in [1.29, 1.82) is 0 Å². The van der Waals surface area contributed by atoms with Gasteiger partial charge in [-0.25, -0.2) is 0 Å². The van der Waals surface area contributed by atoms with E-state index in [9.17, 15) is 0 Å². The Labute approximate surface area is 127 Å². The lowest BCUT2D eigenvalue weighted by molar-refractivity contribution is 0.696. The van der Waals surface area contributed by atoms with Crippen LogP contribution in [0.1, 0.15) is 18.1 Å². The number of benzene rings is 1. The third-order valence-corrected chi connectivity index (χ3v) is 4.06. The number of pyridine rings is 1. The first kappa shape index (κ1) is 12.6. The van der Waals surface area contributed by atoms with E-state index in [1.54, 1.807) is 6.20 Å². The fourth-order valence-electron chi connectivity index (χ4n) is 2.79. The number of hydrogen-bond donors (Lipinski definition) is 1. The Morgan fingerprint density at radius 2 is 2.19 bits per heavy atom. The van der Waals surface area contributed by atoms with Gasteiger partial charge in [-0.1, -0.05) is 11.6 Å². The molecule has 0 aliphatic carbocycles. The summed E-state index contributed by atoms with van der Waals surface area (Å²) in [5, 5.41) is 13.7. The molecule has 0 atom stereocenters. The Morgan fingerprint density at radius 1 is 1.24 bits per heavy atom. The summed E-state index contributed by atoms with van der Waals surface area (Å²) in [6.07, 6.45) is 3.98. The highest BCUT2D eigenvalue weighted by Crippen LogP contribution is 2.25. The molecule has 0 saturated carbocycles. The van der Waals surface area contributed by atoms with Crippen molar-refractivity contribution in [3.63, 3.8) is 0 Å². The van der Waals surface area contributed by atoms with E-state index < -0.39 is 0 Å². The average Bonchev–Trinajstić information content (AvgIpc) is 3.08. The quantitative estimate of drug-likeness (QED) is 0.807. The minimum atomic E-state index is 0.661. The minimum absolute atomic E-state index is 0.661. The number of rotatable bonds is 3. The molecule has 5 nitrogen and oxygen atoms in total. The summed E-state index contributed by atoms with van der Waals surface area (Å²) in [4.78, 5) is 4.35. The Hall–Kier alpha value is -2.14. The van der Waals surface area contributed by atoms with Gasteiger partial charge in [0.1, 0.15) is 5.82 Å². The van der Waals surface area contributed by atoms with E-state index >= 15 is 0 Å². The van der Waals surface area contributed by atoms with Crippen molar-refractivity contribution in [2.75, 3.05) is 5.32 Å². The second-order valence-electron chi connectivity index (χ2n) is 5.16. The number of hydrogen-bond acceptors (Lipinski definition) is 4. The van der Waals surface area contributed by atoms with Crippen LogP contribution in [0, 0.1) is 0 Å². The third kappa shape index (κ3) is 2.23. The topological polar surface area (TPSA) is 55.6 Å². The van der Waals surface area contributed by atoms with Crippen molar-refractivity contribution < 1.29 is 0 Å². The summed E-state index contributed by atoms with van der Waals surface area (Å²) in [5.74, 6) is 2.08. The van der Waals surface area contributed by atoms with Gasteiger partial charge in [-0.2, -0.15) is 0 Å². The molecule has 106 valence electrons. The molecule has 0 spiro atoms. The molecular formula is C15H14ClN5. The molecule has 3 heterocycles. The molecule has 4 rings (SSSR count). The SMILES string of the molecule is Clc1ccc2c(NCc3nnc4n3CCC4)ccnc2c1. The summed E-state index contributed by atoms with van der Waals surface area (Å²) in [5.41, 5.74) is 1.92. The maximum atomic E-state index is 6.01. The van der Waals surface area contributed by atoms with Gasteiger partial charge in [0.05, 0.1) is 12.1 Å². The molecule has 2 aromatic heterocycles. The first-order chi connectivity index (χ1) is 10.3. The summed E-state index contributed by atoms with van der Waals surface area (Å²) >= 11 is 6.01. The minimum Gasteiger partial charge on any atom is -0.377 e. The molecule has 1 aliphatic rings. The van der Waals surface area contributed by atoms with Crippen molar-refractivity contribution in [3.05, 3.63) is 47.1 Å². The van der Waals surface area contributed by atoms with Crippen molar-refractivity contribution in [2.24, 2.45) is 0 Å². The standard InChI is InChI=1S/C15H14ClN5/c16-10-3-4-11-12(5-6-17-13(11)8-10)18-9-15-20-19-14-2-1-7-21(14)15/h3-6,8H,1-2,7,9H2,(H,17,18). The lowest BCUT2D eigenvalue weighted by Gasteiger charge is -2.09. The molecule has 3 aromatic rings. The number of aromatic nitrogens is 4. The fourth-order valence-corrected chi connectivity index (χ4v) is 2.96.